The SMILES string of the molecule is Cc1ccc(C2=C(Sc3ccccc3)C(=O)N(C)C2=O)cc1. The monoisotopic (exact) mass is 309 g/mol. The Balaban J connectivity index is 2.08. The Labute approximate surface area is 133 Å². The maximum atomic E-state index is 12.4. The summed E-state index contributed by atoms with van der Waals surface area (Å²) in [5, 5.41) is 0. The molecule has 1 aliphatic heterocycles. The first kappa shape index (κ1) is 14.6. The van der Waals surface area contributed by atoms with Gasteiger partial charge in [-0.3, -0.25) is 14.5 Å². The molecule has 0 aliphatic carbocycles. The third kappa shape index (κ3) is 2.57. The molecular weight excluding hydrogens is 294 g/mol. The summed E-state index contributed by atoms with van der Waals surface area (Å²) in [5.74, 6) is -0.485. The van der Waals surface area contributed by atoms with E-state index in [1.54, 1.807) is 0 Å². The van der Waals surface area contributed by atoms with Gasteiger partial charge in [0.1, 0.15) is 0 Å². The molecule has 0 unspecified atom stereocenters. The van der Waals surface area contributed by atoms with E-state index in [1.165, 1.54) is 23.7 Å². The summed E-state index contributed by atoms with van der Waals surface area (Å²) in [6.07, 6.45) is 0. The summed E-state index contributed by atoms with van der Waals surface area (Å²) in [6, 6.07) is 17.3. The Morgan fingerprint density at radius 2 is 1.50 bits per heavy atom. The fourth-order valence-corrected chi connectivity index (χ4v) is 3.35. The maximum absolute atomic E-state index is 12.4. The van der Waals surface area contributed by atoms with E-state index in [1.807, 2.05) is 61.5 Å². The van der Waals surface area contributed by atoms with E-state index in [9.17, 15) is 9.59 Å². The molecule has 3 nitrogen and oxygen atoms in total. The number of carbonyl (C=O) groups is 2. The van der Waals surface area contributed by atoms with Crippen LogP contribution in [0.1, 0.15) is 11.1 Å². The predicted octanol–water partition coefficient (Wildman–Crippen LogP) is 3.50. The number of rotatable bonds is 3. The summed E-state index contributed by atoms with van der Waals surface area (Å²) >= 11 is 1.34. The lowest BCUT2D eigenvalue weighted by Crippen LogP contribution is -2.26. The van der Waals surface area contributed by atoms with Crippen LogP contribution in [-0.4, -0.2) is 23.8 Å². The van der Waals surface area contributed by atoms with Gasteiger partial charge in [-0.2, -0.15) is 0 Å². The lowest BCUT2D eigenvalue weighted by molar-refractivity contribution is -0.134. The number of thioether (sulfide) groups is 1. The van der Waals surface area contributed by atoms with Crippen molar-refractivity contribution in [1.29, 1.82) is 0 Å². The molecule has 0 spiro atoms. The summed E-state index contributed by atoms with van der Waals surface area (Å²) in [7, 11) is 1.53. The highest BCUT2D eigenvalue weighted by molar-refractivity contribution is 8.04. The number of likely N-dealkylation sites (N-methyl/N-ethyl adjacent to an activating group) is 1. The van der Waals surface area contributed by atoms with Gasteiger partial charge in [0.25, 0.3) is 11.8 Å². The van der Waals surface area contributed by atoms with Crippen LogP contribution in [0.25, 0.3) is 5.57 Å². The maximum Gasteiger partial charge on any atom is 0.268 e. The second-order valence-corrected chi connectivity index (χ2v) is 6.24. The zero-order valence-electron chi connectivity index (χ0n) is 12.4. The molecule has 0 radical (unpaired) electrons. The van der Waals surface area contributed by atoms with Crippen LogP contribution in [0.5, 0.6) is 0 Å². The molecule has 2 amide bonds. The largest absolute Gasteiger partial charge is 0.277 e. The van der Waals surface area contributed by atoms with Gasteiger partial charge >= 0.3 is 0 Å². The quantitative estimate of drug-likeness (QED) is 0.814. The van der Waals surface area contributed by atoms with Crippen LogP contribution >= 0.6 is 11.8 Å². The highest BCUT2D eigenvalue weighted by Crippen LogP contribution is 2.38. The highest BCUT2D eigenvalue weighted by atomic mass is 32.2. The Bertz CT molecular complexity index is 763. The fraction of sp³-hybridized carbons (Fsp3) is 0.111. The number of imide groups is 1. The van der Waals surface area contributed by atoms with E-state index in [2.05, 4.69) is 0 Å². The van der Waals surface area contributed by atoms with Crippen molar-refractivity contribution in [1.82, 2.24) is 4.90 Å². The molecule has 1 aliphatic rings. The van der Waals surface area contributed by atoms with Crippen LogP contribution in [0.3, 0.4) is 0 Å². The molecule has 0 aromatic heterocycles. The number of aryl methyl sites for hydroxylation is 1. The van der Waals surface area contributed by atoms with E-state index in [-0.39, 0.29) is 11.8 Å². The van der Waals surface area contributed by atoms with Crippen LogP contribution in [0.15, 0.2) is 64.4 Å². The minimum Gasteiger partial charge on any atom is -0.277 e. The van der Waals surface area contributed by atoms with Crippen LogP contribution in [-0.2, 0) is 9.59 Å². The Morgan fingerprint density at radius 3 is 2.14 bits per heavy atom. The number of nitrogens with zero attached hydrogens (tertiary/aromatic N) is 1. The van der Waals surface area contributed by atoms with Crippen molar-refractivity contribution in [3.63, 3.8) is 0 Å². The van der Waals surface area contributed by atoms with E-state index in [4.69, 9.17) is 0 Å². The molecule has 3 rings (SSSR count). The lowest BCUT2D eigenvalue weighted by atomic mass is 10.0. The first-order valence-corrected chi connectivity index (χ1v) is 7.76. The standard InChI is InChI=1S/C18H15NO2S/c1-12-8-10-13(11-9-12)15-16(18(21)19(2)17(15)20)22-14-6-4-3-5-7-14/h3-11H,1-2H3. The van der Waals surface area contributed by atoms with Gasteiger partial charge in [-0.05, 0) is 24.6 Å². The summed E-state index contributed by atoms with van der Waals surface area (Å²) in [6.45, 7) is 1.99. The van der Waals surface area contributed by atoms with Gasteiger partial charge in [0.05, 0.1) is 10.5 Å². The zero-order chi connectivity index (χ0) is 15.7. The molecule has 2 aromatic rings. The van der Waals surface area contributed by atoms with Gasteiger partial charge in [-0.1, -0.05) is 59.8 Å². The van der Waals surface area contributed by atoms with Crippen LogP contribution in [0.2, 0.25) is 0 Å². The lowest BCUT2D eigenvalue weighted by Gasteiger charge is -2.06. The third-order valence-corrected chi connectivity index (χ3v) is 4.64. The second-order valence-electron chi connectivity index (χ2n) is 5.15. The first-order valence-electron chi connectivity index (χ1n) is 6.94. The zero-order valence-corrected chi connectivity index (χ0v) is 13.2. The molecule has 0 saturated carbocycles. The fourth-order valence-electron chi connectivity index (χ4n) is 2.29. The first-order chi connectivity index (χ1) is 10.6. The van der Waals surface area contributed by atoms with Crippen LogP contribution < -0.4 is 0 Å². The normalized spacial score (nSPS) is 14.9. The molecular formula is C18H15NO2S. The molecule has 0 N–H and O–H groups in total. The van der Waals surface area contributed by atoms with Crippen LogP contribution in [0, 0.1) is 6.92 Å². The van der Waals surface area contributed by atoms with Crippen molar-refractivity contribution in [3.05, 3.63) is 70.6 Å². The average Bonchev–Trinajstić information content (AvgIpc) is 2.74. The average molecular weight is 309 g/mol. The van der Waals surface area contributed by atoms with Crippen molar-refractivity contribution in [2.45, 2.75) is 11.8 Å². The van der Waals surface area contributed by atoms with Crippen molar-refractivity contribution in [3.8, 4) is 0 Å². The predicted molar refractivity (Wildman–Crippen MR) is 88.2 cm³/mol. The van der Waals surface area contributed by atoms with Gasteiger partial charge in [0, 0.05) is 11.9 Å². The van der Waals surface area contributed by atoms with Gasteiger partial charge in [-0.15, -0.1) is 0 Å². The summed E-state index contributed by atoms with van der Waals surface area (Å²) in [5.41, 5.74) is 2.39. The van der Waals surface area contributed by atoms with Crippen LogP contribution in [0.4, 0.5) is 0 Å². The van der Waals surface area contributed by atoms with E-state index < -0.39 is 0 Å². The van der Waals surface area contributed by atoms with E-state index >= 15 is 0 Å². The van der Waals surface area contributed by atoms with Crippen molar-refractivity contribution in [2.24, 2.45) is 0 Å². The summed E-state index contributed by atoms with van der Waals surface area (Å²) in [4.78, 5) is 27.4. The molecule has 22 heavy (non-hydrogen) atoms. The molecule has 0 fully saturated rings. The summed E-state index contributed by atoms with van der Waals surface area (Å²) < 4.78 is 0. The minimum atomic E-state index is -0.243. The Kier molecular flexibility index (Phi) is 3.86. The van der Waals surface area contributed by atoms with Crippen molar-refractivity contribution in [2.75, 3.05) is 7.05 Å². The Hall–Kier alpha value is -2.33. The number of benzene rings is 2. The molecule has 0 atom stereocenters. The number of amides is 2. The Morgan fingerprint density at radius 1 is 0.864 bits per heavy atom. The minimum absolute atomic E-state index is 0.241. The molecule has 110 valence electrons. The van der Waals surface area contributed by atoms with Gasteiger partial charge in [-0.25, -0.2) is 0 Å². The molecule has 1 heterocycles. The third-order valence-electron chi connectivity index (χ3n) is 3.55. The van der Waals surface area contributed by atoms with E-state index in [0.29, 0.717) is 10.5 Å². The molecule has 0 saturated heterocycles. The highest BCUT2D eigenvalue weighted by Gasteiger charge is 2.36. The van der Waals surface area contributed by atoms with Gasteiger partial charge in [0.15, 0.2) is 0 Å². The topological polar surface area (TPSA) is 37.4 Å². The van der Waals surface area contributed by atoms with Crippen molar-refractivity contribution < 1.29 is 9.59 Å². The number of hydrogen-bond acceptors (Lipinski definition) is 3. The van der Waals surface area contributed by atoms with E-state index in [0.717, 1.165) is 16.0 Å². The van der Waals surface area contributed by atoms with Gasteiger partial charge in [0.2, 0.25) is 0 Å². The molecule has 0 bridgehead atoms. The number of hydrogen-bond donors (Lipinski definition) is 0. The van der Waals surface area contributed by atoms with Crippen molar-refractivity contribution >= 4 is 29.1 Å². The smallest absolute Gasteiger partial charge is 0.268 e. The molecule has 2 aromatic carbocycles. The van der Waals surface area contributed by atoms with Gasteiger partial charge < -0.3 is 0 Å². The molecule has 4 heteroatoms. The second kappa shape index (κ2) is 5.81. The number of carbonyl (C=O) groups excluding carboxylic acids is 2.